The van der Waals surface area contributed by atoms with Gasteiger partial charge >= 0.3 is 11.9 Å². The van der Waals surface area contributed by atoms with Gasteiger partial charge in [0.25, 0.3) is 5.97 Å². The minimum atomic E-state index is -3.99. The number of rotatable bonds is 4. The van der Waals surface area contributed by atoms with Gasteiger partial charge in [0.2, 0.25) is 10.0 Å². The van der Waals surface area contributed by atoms with Crippen LogP contribution in [0.15, 0.2) is 29.2 Å². The van der Waals surface area contributed by atoms with E-state index in [1.54, 1.807) is 0 Å². The fraction of sp³-hybridized carbons (Fsp3) is 0.357. The maximum atomic E-state index is 12.4. The summed E-state index contributed by atoms with van der Waals surface area (Å²) in [5, 5.41) is 25.3. The predicted octanol–water partition coefficient (Wildman–Crippen LogP) is 0.571. The van der Waals surface area contributed by atoms with E-state index in [1.165, 1.54) is 24.3 Å². The van der Waals surface area contributed by atoms with Crippen LogP contribution in [-0.2, 0) is 19.6 Å². The molecule has 1 unspecified atom stereocenters. The zero-order chi connectivity index (χ0) is 18.5. The van der Waals surface area contributed by atoms with Crippen LogP contribution < -0.4 is 0 Å². The number of hydrogen-bond acceptors (Lipinski definition) is 5. The minimum Gasteiger partial charge on any atom is -0.481 e. The van der Waals surface area contributed by atoms with Crippen LogP contribution in [0.25, 0.3) is 0 Å². The monoisotopic (exact) mass is 359 g/mol. The molecule has 0 spiro atoms. The Kier molecular flexibility index (Phi) is 6.43. The van der Waals surface area contributed by atoms with Crippen LogP contribution in [0.5, 0.6) is 0 Å². The van der Waals surface area contributed by atoms with E-state index >= 15 is 0 Å². The van der Waals surface area contributed by atoms with Crippen molar-refractivity contribution in [3.8, 4) is 0 Å². The molecular formula is C14H17NO8S. The van der Waals surface area contributed by atoms with Crippen molar-refractivity contribution in [1.82, 2.24) is 4.31 Å². The number of hydrogen-bond donors (Lipinski definition) is 3. The lowest BCUT2D eigenvalue weighted by atomic mass is 10.1. The first-order chi connectivity index (χ1) is 11.1. The zero-order valence-electron chi connectivity index (χ0n) is 12.7. The Hall–Kier alpha value is -2.46. The van der Waals surface area contributed by atoms with Gasteiger partial charge < -0.3 is 15.3 Å². The molecular weight excluding hydrogens is 342 g/mol. The average Bonchev–Trinajstić information content (AvgIpc) is 2.97. The summed E-state index contributed by atoms with van der Waals surface area (Å²) in [4.78, 5) is 30.6. The van der Waals surface area contributed by atoms with E-state index in [4.69, 9.17) is 20.1 Å². The Bertz CT molecular complexity index is 739. The Balaban J connectivity index is 0.000000648. The molecule has 1 aromatic rings. The number of sulfonamides is 1. The molecule has 1 aromatic carbocycles. The van der Waals surface area contributed by atoms with Crippen LogP contribution >= 0.6 is 0 Å². The highest BCUT2D eigenvalue weighted by Crippen LogP contribution is 2.26. The SMILES string of the molecule is CC(=O)O.O=C(O)c1ccccc1S(=O)(=O)N1CCC(C(=O)O)C1. The first-order valence-electron chi connectivity index (χ1n) is 6.82. The van der Waals surface area contributed by atoms with Crippen molar-refractivity contribution in [2.75, 3.05) is 13.1 Å². The molecule has 1 fully saturated rings. The van der Waals surface area contributed by atoms with Crippen LogP contribution in [-0.4, -0.2) is 59.0 Å². The molecule has 0 radical (unpaired) electrons. The van der Waals surface area contributed by atoms with E-state index in [1.807, 2.05) is 0 Å². The third-order valence-corrected chi connectivity index (χ3v) is 5.16. The molecule has 1 saturated heterocycles. The van der Waals surface area contributed by atoms with Gasteiger partial charge in [-0.25, -0.2) is 13.2 Å². The quantitative estimate of drug-likeness (QED) is 0.706. The predicted molar refractivity (Wildman–Crippen MR) is 81.2 cm³/mol. The Morgan fingerprint density at radius 3 is 2.12 bits per heavy atom. The summed E-state index contributed by atoms with van der Waals surface area (Å²) < 4.78 is 25.8. The average molecular weight is 359 g/mol. The van der Waals surface area contributed by atoms with Crippen LogP contribution in [0.4, 0.5) is 0 Å². The third-order valence-electron chi connectivity index (χ3n) is 3.24. The summed E-state index contributed by atoms with van der Waals surface area (Å²) in [6, 6.07) is 5.30. The molecule has 24 heavy (non-hydrogen) atoms. The van der Waals surface area contributed by atoms with Gasteiger partial charge in [0.05, 0.1) is 16.4 Å². The van der Waals surface area contributed by atoms with Crippen LogP contribution in [0, 0.1) is 5.92 Å². The maximum Gasteiger partial charge on any atom is 0.337 e. The van der Waals surface area contributed by atoms with Crippen molar-refractivity contribution in [2.24, 2.45) is 5.92 Å². The maximum absolute atomic E-state index is 12.4. The number of nitrogens with zero attached hydrogens (tertiary/aromatic N) is 1. The first-order valence-corrected chi connectivity index (χ1v) is 8.26. The summed E-state index contributed by atoms with van der Waals surface area (Å²) >= 11 is 0. The second-order valence-corrected chi connectivity index (χ2v) is 6.91. The van der Waals surface area contributed by atoms with Gasteiger partial charge in [-0.05, 0) is 18.6 Å². The third kappa shape index (κ3) is 4.77. The number of aromatic carboxylic acids is 1. The van der Waals surface area contributed by atoms with Crippen molar-refractivity contribution in [3.63, 3.8) is 0 Å². The van der Waals surface area contributed by atoms with E-state index in [-0.39, 0.29) is 30.0 Å². The van der Waals surface area contributed by atoms with Gasteiger partial charge in [-0.1, -0.05) is 12.1 Å². The Morgan fingerprint density at radius 2 is 1.67 bits per heavy atom. The van der Waals surface area contributed by atoms with Crippen molar-refractivity contribution < 1.29 is 38.1 Å². The smallest absolute Gasteiger partial charge is 0.337 e. The second-order valence-electron chi connectivity index (χ2n) is 5.01. The van der Waals surface area contributed by atoms with E-state index in [0.29, 0.717) is 0 Å². The summed E-state index contributed by atoms with van der Waals surface area (Å²) in [5.74, 6) is -3.96. The largest absolute Gasteiger partial charge is 0.481 e. The van der Waals surface area contributed by atoms with Crippen molar-refractivity contribution in [3.05, 3.63) is 29.8 Å². The molecule has 1 aliphatic rings. The Morgan fingerprint density at radius 1 is 1.12 bits per heavy atom. The summed E-state index contributed by atoms with van der Waals surface area (Å²) in [6.45, 7) is 1.03. The molecule has 0 saturated carbocycles. The Labute approximate surface area is 138 Å². The summed E-state index contributed by atoms with van der Waals surface area (Å²) in [5.41, 5.74) is -0.314. The van der Waals surface area contributed by atoms with E-state index < -0.39 is 33.8 Å². The normalized spacial score (nSPS) is 17.6. The standard InChI is InChI=1S/C12H13NO6S.C2H4O2/c14-11(15)8-5-6-13(7-8)20(18,19)10-4-2-1-3-9(10)12(16)17;1-2(3)4/h1-4,8H,5-7H2,(H,14,15)(H,16,17);1H3,(H,3,4). The fourth-order valence-corrected chi connectivity index (χ4v) is 3.84. The van der Waals surface area contributed by atoms with Crippen molar-refractivity contribution in [2.45, 2.75) is 18.2 Å². The van der Waals surface area contributed by atoms with Gasteiger partial charge in [-0.3, -0.25) is 9.59 Å². The molecule has 1 aliphatic heterocycles. The lowest BCUT2D eigenvalue weighted by Gasteiger charge is -2.17. The number of carbonyl (C=O) groups is 3. The molecule has 3 N–H and O–H groups in total. The van der Waals surface area contributed by atoms with E-state index in [2.05, 4.69) is 0 Å². The lowest BCUT2D eigenvalue weighted by molar-refractivity contribution is -0.141. The van der Waals surface area contributed by atoms with E-state index in [0.717, 1.165) is 11.2 Å². The van der Waals surface area contributed by atoms with Crippen LogP contribution in [0.3, 0.4) is 0 Å². The fourth-order valence-electron chi connectivity index (χ4n) is 2.16. The first kappa shape index (κ1) is 19.6. The molecule has 0 amide bonds. The zero-order valence-corrected chi connectivity index (χ0v) is 13.6. The van der Waals surface area contributed by atoms with Gasteiger partial charge in [-0.15, -0.1) is 0 Å². The molecule has 9 nitrogen and oxygen atoms in total. The number of carboxylic acids is 3. The van der Waals surface area contributed by atoms with E-state index in [9.17, 15) is 18.0 Å². The molecule has 0 aromatic heterocycles. The van der Waals surface area contributed by atoms with Crippen molar-refractivity contribution >= 4 is 27.9 Å². The lowest BCUT2D eigenvalue weighted by Crippen LogP contribution is -2.31. The highest BCUT2D eigenvalue weighted by Gasteiger charge is 2.37. The number of aliphatic carboxylic acids is 2. The summed E-state index contributed by atoms with van der Waals surface area (Å²) in [7, 11) is -3.99. The van der Waals surface area contributed by atoms with Gasteiger partial charge in [0.1, 0.15) is 0 Å². The molecule has 1 atom stereocenters. The molecule has 2 rings (SSSR count). The molecule has 1 heterocycles. The summed E-state index contributed by atoms with van der Waals surface area (Å²) in [6.07, 6.45) is 0.226. The second kappa shape index (κ2) is 7.88. The molecule has 0 bridgehead atoms. The molecule has 132 valence electrons. The van der Waals surface area contributed by atoms with Crippen LogP contribution in [0.2, 0.25) is 0 Å². The highest BCUT2D eigenvalue weighted by atomic mass is 32.2. The number of benzene rings is 1. The van der Waals surface area contributed by atoms with Crippen LogP contribution in [0.1, 0.15) is 23.7 Å². The van der Waals surface area contributed by atoms with Gasteiger partial charge in [0, 0.05) is 20.0 Å². The highest BCUT2D eigenvalue weighted by molar-refractivity contribution is 7.89. The van der Waals surface area contributed by atoms with Crippen molar-refractivity contribution in [1.29, 1.82) is 0 Å². The van der Waals surface area contributed by atoms with Gasteiger partial charge in [0.15, 0.2) is 0 Å². The topological polar surface area (TPSA) is 149 Å². The molecule has 10 heteroatoms. The minimum absolute atomic E-state index is 0.0766. The molecule has 0 aliphatic carbocycles. The number of carboxylic acid groups (broad SMARTS) is 3. The van der Waals surface area contributed by atoms with Gasteiger partial charge in [-0.2, -0.15) is 4.31 Å².